The van der Waals surface area contributed by atoms with Crippen molar-refractivity contribution >= 4 is 11.6 Å². The monoisotopic (exact) mass is 280 g/mol. The van der Waals surface area contributed by atoms with Gasteiger partial charge in [-0.25, -0.2) is 0 Å². The number of hydrogen-bond acceptors (Lipinski definition) is 2. The van der Waals surface area contributed by atoms with Crippen LogP contribution >= 0.6 is 0 Å². The van der Waals surface area contributed by atoms with E-state index in [1.54, 1.807) is 0 Å². The molecule has 1 amide bonds. The number of anilines is 1. The van der Waals surface area contributed by atoms with Gasteiger partial charge in [0.15, 0.2) is 0 Å². The third kappa shape index (κ3) is 2.69. The number of carbonyl (C=O) groups is 1. The predicted octanol–water partition coefficient (Wildman–Crippen LogP) is 2.97. The second-order valence-corrected chi connectivity index (χ2v) is 5.61. The zero-order valence-corrected chi connectivity index (χ0v) is 12.3. The number of benzene rings is 2. The summed E-state index contributed by atoms with van der Waals surface area (Å²) in [5.41, 5.74) is 10.5. The van der Waals surface area contributed by atoms with Gasteiger partial charge >= 0.3 is 0 Å². The minimum Gasteiger partial charge on any atom is -0.316 e. The molecule has 108 valence electrons. The number of carbonyl (C=O) groups excluding carboxylic acids is 1. The number of amides is 1. The molecule has 0 aromatic heterocycles. The molecule has 2 aromatic carbocycles. The average Bonchev–Trinajstić information content (AvgIpc) is 2.53. The molecule has 1 aliphatic heterocycles. The van der Waals surface area contributed by atoms with E-state index in [9.17, 15) is 4.79 Å². The number of nitrogens with zero attached hydrogens (tertiary/aromatic N) is 1. The lowest BCUT2D eigenvalue weighted by Crippen LogP contribution is -2.41. The van der Waals surface area contributed by atoms with Gasteiger partial charge in [0.25, 0.3) is 0 Å². The first-order valence-corrected chi connectivity index (χ1v) is 7.38. The first-order chi connectivity index (χ1) is 10.2. The molecule has 0 radical (unpaired) electrons. The van der Waals surface area contributed by atoms with E-state index >= 15 is 0 Å². The van der Waals surface area contributed by atoms with E-state index in [1.807, 2.05) is 41.3 Å². The summed E-state index contributed by atoms with van der Waals surface area (Å²) in [6, 6.07) is 15.2. The summed E-state index contributed by atoms with van der Waals surface area (Å²) in [6.45, 7) is 2.83. The van der Waals surface area contributed by atoms with Crippen molar-refractivity contribution in [2.45, 2.75) is 25.8 Å². The Kier molecular flexibility index (Phi) is 3.76. The third-order valence-electron chi connectivity index (χ3n) is 4.04. The van der Waals surface area contributed by atoms with Gasteiger partial charge in [0, 0.05) is 12.2 Å². The van der Waals surface area contributed by atoms with Gasteiger partial charge in [0.1, 0.15) is 6.04 Å². The highest BCUT2D eigenvalue weighted by Gasteiger charge is 2.27. The van der Waals surface area contributed by atoms with Crippen molar-refractivity contribution in [2.24, 2.45) is 5.73 Å². The highest BCUT2D eigenvalue weighted by Crippen LogP contribution is 2.29. The maximum atomic E-state index is 12.7. The standard InChI is InChI=1S/C18H20N2O/c1-13-9-10-16-15(12-13)8-5-11-20(16)18(21)17(19)14-6-3-2-4-7-14/h2-4,6-7,9-10,12,17H,5,8,11,19H2,1H3/t17-/m0/s1. The largest absolute Gasteiger partial charge is 0.316 e. The summed E-state index contributed by atoms with van der Waals surface area (Å²) in [5, 5.41) is 0. The van der Waals surface area contributed by atoms with E-state index in [0.717, 1.165) is 30.6 Å². The molecule has 2 aromatic rings. The second-order valence-electron chi connectivity index (χ2n) is 5.61. The van der Waals surface area contributed by atoms with Crippen LogP contribution in [-0.4, -0.2) is 12.5 Å². The van der Waals surface area contributed by atoms with Crippen molar-refractivity contribution in [2.75, 3.05) is 11.4 Å². The Labute approximate surface area is 125 Å². The molecule has 3 rings (SSSR count). The first-order valence-electron chi connectivity index (χ1n) is 7.38. The van der Waals surface area contributed by atoms with Crippen molar-refractivity contribution in [1.82, 2.24) is 0 Å². The SMILES string of the molecule is Cc1ccc2c(c1)CCCN2C(=O)[C@@H](N)c1ccccc1. The summed E-state index contributed by atoms with van der Waals surface area (Å²) < 4.78 is 0. The maximum Gasteiger partial charge on any atom is 0.248 e. The Balaban J connectivity index is 1.90. The summed E-state index contributed by atoms with van der Waals surface area (Å²) in [7, 11) is 0. The van der Waals surface area contributed by atoms with E-state index < -0.39 is 6.04 Å². The average molecular weight is 280 g/mol. The van der Waals surface area contributed by atoms with Crippen LogP contribution in [0.2, 0.25) is 0 Å². The number of hydrogen-bond donors (Lipinski definition) is 1. The van der Waals surface area contributed by atoms with Crippen molar-refractivity contribution in [3.8, 4) is 0 Å². The van der Waals surface area contributed by atoms with Crippen LogP contribution in [0.25, 0.3) is 0 Å². The summed E-state index contributed by atoms with van der Waals surface area (Å²) in [6.07, 6.45) is 2.02. The van der Waals surface area contributed by atoms with E-state index in [0.29, 0.717) is 0 Å². The van der Waals surface area contributed by atoms with Crippen molar-refractivity contribution in [3.05, 3.63) is 65.2 Å². The molecule has 3 heteroatoms. The zero-order chi connectivity index (χ0) is 14.8. The lowest BCUT2D eigenvalue weighted by molar-refractivity contribution is -0.120. The van der Waals surface area contributed by atoms with Gasteiger partial charge in [-0.3, -0.25) is 4.79 Å². The van der Waals surface area contributed by atoms with Gasteiger partial charge in [-0.2, -0.15) is 0 Å². The van der Waals surface area contributed by atoms with Crippen LogP contribution in [0.15, 0.2) is 48.5 Å². The minimum atomic E-state index is -0.599. The fraction of sp³-hybridized carbons (Fsp3) is 0.278. The molecular formula is C18H20N2O. The Hall–Kier alpha value is -2.13. The van der Waals surface area contributed by atoms with Crippen molar-refractivity contribution < 1.29 is 4.79 Å². The van der Waals surface area contributed by atoms with E-state index in [4.69, 9.17) is 5.73 Å². The Morgan fingerprint density at radius 1 is 1.19 bits per heavy atom. The molecule has 0 bridgehead atoms. The van der Waals surface area contributed by atoms with E-state index in [2.05, 4.69) is 19.1 Å². The molecule has 1 heterocycles. The minimum absolute atomic E-state index is 0.0222. The van der Waals surface area contributed by atoms with Crippen LogP contribution in [0.3, 0.4) is 0 Å². The lowest BCUT2D eigenvalue weighted by Gasteiger charge is -2.31. The predicted molar refractivity (Wildman–Crippen MR) is 85.2 cm³/mol. The molecule has 21 heavy (non-hydrogen) atoms. The van der Waals surface area contributed by atoms with Crippen molar-refractivity contribution in [3.63, 3.8) is 0 Å². The topological polar surface area (TPSA) is 46.3 Å². The first kappa shape index (κ1) is 13.8. The molecule has 0 fully saturated rings. The molecule has 1 aliphatic rings. The Morgan fingerprint density at radius 3 is 2.71 bits per heavy atom. The molecular weight excluding hydrogens is 260 g/mol. The lowest BCUT2D eigenvalue weighted by atomic mass is 9.98. The number of fused-ring (bicyclic) bond motifs is 1. The van der Waals surface area contributed by atoms with E-state index in [1.165, 1.54) is 11.1 Å². The highest BCUT2D eigenvalue weighted by atomic mass is 16.2. The smallest absolute Gasteiger partial charge is 0.248 e. The maximum absolute atomic E-state index is 12.7. The van der Waals surface area contributed by atoms with Crippen LogP contribution in [0, 0.1) is 6.92 Å². The molecule has 0 spiro atoms. The number of nitrogens with two attached hydrogens (primary N) is 1. The van der Waals surface area contributed by atoms with Gasteiger partial charge in [-0.1, -0.05) is 48.0 Å². The second kappa shape index (κ2) is 5.70. The Morgan fingerprint density at radius 2 is 1.95 bits per heavy atom. The van der Waals surface area contributed by atoms with Gasteiger partial charge in [0.2, 0.25) is 5.91 Å². The molecule has 1 atom stereocenters. The number of aryl methyl sites for hydroxylation is 2. The molecule has 0 saturated heterocycles. The molecule has 0 unspecified atom stereocenters. The quantitative estimate of drug-likeness (QED) is 0.919. The molecule has 0 saturated carbocycles. The molecule has 0 aliphatic carbocycles. The zero-order valence-electron chi connectivity index (χ0n) is 12.3. The fourth-order valence-electron chi connectivity index (χ4n) is 2.93. The van der Waals surface area contributed by atoms with Crippen LogP contribution in [-0.2, 0) is 11.2 Å². The summed E-state index contributed by atoms with van der Waals surface area (Å²) in [5.74, 6) is -0.0222. The van der Waals surface area contributed by atoms with Gasteiger partial charge < -0.3 is 10.6 Å². The molecule has 2 N–H and O–H groups in total. The van der Waals surface area contributed by atoms with Gasteiger partial charge in [-0.15, -0.1) is 0 Å². The van der Waals surface area contributed by atoms with Crippen LogP contribution < -0.4 is 10.6 Å². The van der Waals surface area contributed by atoms with Gasteiger partial charge in [0.05, 0.1) is 0 Å². The normalized spacial score (nSPS) is 15.4. The number of rotatable bonds is 2. The highest BCUT2D eigenvalue weighted by molar-refractivity contribution is 5.98. The fourth-order valence-corrected chi connectivity index (χ4v) is 2.93. The molecule has 3 nitrogen and oxygen atoms in total. The summed E-state index contributed by atoms with van der Waals surface area (Å²) in [4.78, 5) is 14.6. The van der Waals surface area contributed by atoms with Crippen molar-refractivity contribution in [1.29, 1.82) is 0 Å². The van der Waals surface area contributed by atoms with Crippen LogP contribution in [0.5, 0.6) is 0 Å². The van der Waals surface area contributed by atoms with Gasteiger partial charge in [-0.05, 0) is 37.0 Å². The van der Waals surface area contributed by atoms with E-state index in [-0.39, 0.29) is 5.91 Å². The van der Waals surface area contributed by atoms with Crippen LogP contribution in [0.1, 0.15) is 29.2 Å². The Bertz CT molecular complexity index is 652. The summed E-state index contributed by atoms with van der Waals surface area (Å²) >= 11 is 0. The third-order valence-corrected chi connectivity index (χ3v) is 4.04. The van der Waals surface area contributed by atoms with Crippen LogP contribution in [0.4, 0.5) is 5.69 Å².